The summed E-state index contributed by atoms with van der Waals surface area (Å²) in [7, 11) is 0. The summed E-state index contributed by atoms with van der Waals surface area (Å²) < 4.78 is 36.5. The first kappa shape index (κ1) is 9.48. The molecule has 0 N–H and O–H groups in total. The Bertz CT molecular complexity index is 189. The van der Waals surface area contributed by atoms with E-state index in [1.54, 1.807) is 0 Å². The minimum Gasteiger partial charge on any atom is -0.166 e. The zero-order valence-corrected chi connectivity index (χ0v) is 7.02. The Balaban J connectivity index is 2.41. The molecular weight excluding hydrogens is 169 g/mol. The van der Waals surface area contributed by atoms with E-state index in [-0.39, 0.29) is 12.3 Å². The average Bonchev–Trinajstić information content (AvgIpc) is 2.60. The van der Waals surface area contributed by atoms with Crippen molar-refractivity contribution in [2.24, 2.45) is 16.1 Å². The topological polar surface area (TPSA) is 24.7 Å². The molecule has 1 rings (SSSR count). The van der Waals surface area contributed by atoms with Crippen molar-refractivity contribution < 1.29 is 13.2 Å². The fraction of sp³-hybridized carbons (Fsp3) is 1.00. The normalized spacial score (nSPS) is 20.2. The van der Waals surface area contributed by atoms with Crippen LogP contribution in [-0.4, -0.2) is 11.8 Å². The van der Waals surface area contributed by atoms with Crippen LogP contribution in [0.15, 0.2) is 10.2 Å². The molecule has 0 saturated carbocycles. The summed E-state index contributed by atoms with van der Waals surface area (Å²) >= 11 is 0. The molecule has 5 heteroatoms. The van der Waals surface area contributed by atoms with Crippen molar-refractivity contribution >= 4 is 0 Å². The first-order chi connectivity index (χ1) is 5.37. The fourth-order valence-corrected chi connectivity index (χ4v) is 0.905. The Morgan fingerprint density at radius 3 is 2.00 bits per heavy atom. The third-order valence-corrected chi connectivity index (χ3v) is 1.87. The largest absolute Gasteiger partial charge is 0.437 e. The predicted molar refractivity (Wildman–Crippen MR) is 37.7 cm³/mol. The van der Waals surface area contributed by atoms with Crippen LogP contribution in [0.4, 0.5) is 13.2 Å². The fourth-order valence-electron chi connectivity index (χ4n) is 0.905. The van der Waals surface area contributed by atoms with Crippen LogP contribution in [0.3, 0.4) is 0 Å². The molecule has 0 atom stereocenters. The summed E-state index contributed by atoms with van der Waals surface area (Å²) in [6, 6.07) is 0. The van der Waals surface area contributed by atoms with Crippen LogP contribution in [0.25, 0.3) is 0 Å². The highest BCUT2D eigenvalue weighted by atomic mass is 19.4. The first-order valence-corrected chi connectivity index (χ1v) is 3.88. The smallest absolute Gasteiger partial charge is 0.166 e. The summed E-state index contributed by atoms with van der Waals surface area (Å²) in [6.45, 7) is 3.76. The lowest BCUT2D eigenvalue weighted by Gasteiger charge is -2.14. The lowest BCUT2D eigenvalue weighted by atomic mass is 10.0. The molecule has 70 valence electrons. The number of hydrogen-bond acceptors (Lipinski definition) is 2. The summed E-state index contributed by atoms with van der Waals surface area (Å²) in [6.07, 6.45) is -3.79. The minimum atomic E-state index is -4.29. The van der Waals surface area contributed by atoms with Gasteiger partial charge < -0.3 is 0 Å². The van der Waals surface area contributed by atoms with E-state index in [0.717, 1.165) is 0 Å². The second-order valence-corrected chi connectivity index (χ2v) is 3.45. The van der Waals surface area contributed by atoms with E-state index >= 15 is 0 Å². The SMILES string of the molecule is CC(C)CCC1(C(F)(F)F)N=N1. The maximum Gasteiger partial charge on any atom is 0.437 e. The molecule has 0 bridgehead atoms. The van der Waals surface area contributed by atoms with Crippen LogP contribution in [0.5, 0.6) is 0 Å². The molecule has 1 heterocycles. The molecule has 0 aliphatic carbocycles. The average molecular weight is 180 g/mol. The van der Waals surface area contributed by atoms with Gasteiger partial charge in [0.25, 0.3) is 5.66 Å². The molecule has 1 aliphatic rings. The van der Waals surface area contributed by atoms with Gasteiger partial charge in [0.1, 0.15) is 0 Å². The van der Waals surface area contributed by atoms with Crippen LogP contribution in [-0.2, 0) is 0 Å². The van der Waals surface area contributed by atoms with Crippen molar-refractivity contribution in [3.8, 4) is 0 Å². The molecule has 0 aromatic carbocycles. The van der Waals surface area contributed by atoms with Gasteiger partial charge in [0.2, 0.25) is 0 Å². The van der Waals surface area contributed by atoms with Gasteiger partial charge in [-0.25, -0.2) is 0 Å². The number of rotatable bonds is 3. The second kappa shape index (κ2) is 2.71. The first-order valence-electron chi connectivity index (χ1n) is 3.88. The molecule has 0 unspecified atom stereocenters. The van der Waals surface area contributed by atoms with E-state index < -0.39 is 11.8 Å². The predicted octanol–water partition coefficient (Wildman–Crippen LogP) is 3.15. The highest BCUT2D eigenvalue weighted by Crippen LogP contribution is 2.47. The Morgan fingerprint density at radius 2 is 1.75 bits per heavy atom. The molecule has 0 amide bonds. The van der Waals surface area contributed by atoms with Gasteiger partial charge in [0, 0.05) is 6.42 Å². The third kappa shape index (κ3) is 1.76. The van der Waals surface area contributed by atoms with Crippen LogP contribution in [0.2, 0.25) is 0 Å². The molecule has 12 heavy (non-hydrogen) atoms. The standard InChI is InChI=1S/C7H11F3N2/c1-5(2)3-4-6(11-12-6)7(8,9)10/h5H,3-4H2,1-2H3. The molecule has 0 spiro atoms. The molecule has 0 aromatic rings. The van der Waals surface area contributed by atoms with E-state index in [1.165, 1.54) is 0 Å². The molecule has 0 saturated heterocycles. The maximum atomic E-state index is 12.2. The van der Waals surface area contributed by atoms with Crippen molar-refractivity contribution in [3.05, 3.63) is 0 Å². The van der Waals surface area contributed by atoms with Gasteiger partial charge in [-0.3, -0.25) is 0 Å². The van der Waals surface area contributed by atoms with Crippen molar-refractivity contribution in [2.75, 3.05) is 0 Å². The van der Waals surface area contributed by atoms with E-state index in [4.69, 9.17) is 0 Å². The van der Waals surface area contributed by atoms with Gasteiger partial charge in [-0.05, 0) is 12.3 Å². The minimum absolute atomic E-state index is 0.00579. The van der Waals surface area contributed by atoms with E-state index in [2.05, 4.69) is 10.2 Å². The Kier molecular flexibility index (Phi) is 2.14. The molecule has 0 fully saturated rings. The molecule has 1 aliphatic heterocycles. The number of halogens is 3. The van der Waals surface area contributed by atoms with Crippen molar-refractivity contribution in [3.63, 3.8) is 0 Å². The molecule has 2 nitrogen and oxygen atoms in total. The van der Waals surface area contributed by atoms with Gasteiger partial charge in [0.05, 0.1) is 0 Å². The molecule has 0 aromatic heterocycles. The summed E-state index contributed by atoms with van der Waals surface area (Å²) in [5, 5.41) is 6.15. The summed E-state index contributed by atoms with van der Waals surface area (Å²) in [4.78, 5) is 0. The Labute approximate surface area is 68.9 Å². The second-order valence-electron chi connectivity index (χ2n) is 3.45. The highest BCUT2D eigenvalue weighted by molar-refractivity contribution is 4.99. The van der Waals surface area contributed by atoms with Crippen LogP contribution in [0, 0.1) is 5.92 Å². The summed E-state index contributed by atoms with van der Waals surface area (Å²) in [5.74, 6) is 0.259. The maximum absolute atomic E-state index is 12.2. The highest BCUT2D eigenvalue weighted by Gasteiger charge is 2.63. The number of hydrogen-bond donors (Lipinski definition) is 0. The lowest BCUT2D eigenvalue weighted by molar-refractivity contribution is -0.165. The van der Waals surface area contributed by atoms with Gasteiger partial charge in [0.15, 0.2) is 0 Å². The van der Waals surface area contributed by atoms with Crippen molar-refractivity contribution in [1.29, 1.82) is 0 Å². The van der Waals surface area contributed by atoms with Crippen LogP contribution >= 0.6 is 0 Å². The zero-order chi connectivity index (χ0) is 9.41. The van der Waals surface area contributed by atoms with E-state index in [9.17, 15) is 13.2 Å². The van der Waals surface area contributed by atoms with Gasteiger partial charge >= 0.3 is 6.18 Å². The Hall–Kier alpha value is -0.610. The van der Waals surface area contributed by atoms with Crippen LogP contribution in [0.1, 0.15) is 26.7 Å². The van der Waals surface area contributed by atoms with E-state index in [1.807, 2.05) is 13.8 Å². The van der Waals surface area contributed by atoms with Gasteiger partial charge in [-0.15, -0.1) is 10.2 Å². The molecular formula is C7H11F3N2. The van der Waals surface area contributed by atoms with Gasteiger partial charge in [-0.2, -0.15) is 13.2 Å². The molecule has 0 radical (unpaired) electrons. The van der Waals surface area contributed by atoms with Gasteiger partial charge in [-0.1, -0.05) is 13.8 Å². The number of alkyl halides is 3. The summed E-state index contributed by atoms with van der Waals surface area (Å²) in [5.41, 5.74) is -2.03. The number of nitrogens with zero attached hydrogens (tertiary/aromatic N) is 2. The monoisotopic (exact) mass is 180 g/mol. The van der Waals surface area contributed by atoms with Crippen LogP contribution < -0.4 is 0 Å². The van der Waals surface area contributed by atoms with Crippen molar-refractivity contribution in [1.82, 2.24) is 0 Å². The Morgan fingerprint density at radius 1 is 1.25 bits per heavy atom. The van der Waals surface area contributed by atoms with E-state index in [0.29, 0.717) is 6.42 Å². The zero-order valence-electron chi connectivity index (χ0n) is 7.02. The quantitative estimate of drug-likeness (QED) is 0.637. The lowest BCUT2D eigenvalue weighted by Crippen LogP contribution is -2.32. The van der Waals surface area contributed by atoms with Crippen molar-refractivity contribution in [2.45, 2.75) is 38.5 Å². The third-order valence-electron chi connectivity index (χ3n) is 1.87.